The SMILES string of the molecule is O=C(NS)c1ccccn1. The van der Waals surface area contributed by atoms with E-state index in [-0.39, 0.29) is 5.91 Å². The summed E-state index contributed by atoms with van der Waals surface area (Å²) in [6.45, 7) is 0. The lowest BCUT2D eigenvalue weighted by molar-refractivity contribution is 0.0980. The van der Waals surface area contributed by atoms with Gasteiger partial charge in [0.2, 0.25) is 0 Å². The first kappa shape index (κ1) is 7.08. The van der Waals surface area contributed by atoms with Crippen LogP contribution in [0.3, 0.4) is 0 Å². The molecule has 3 nitrogen and oxygen atoms in total. The van der Waals surface area contributed by atoms with Crippen LogP contribution in [0.1, 0.15) is 10.5 Å². The second-order valence-electron chi connectivity index (χ2n) is 1.66. The van der Waals surface area contributed by atoms with Gasteiger partial charge in [-0.25, -0.2) is 0 Å². The zero-order valence-electron chi connectivity index (χ0n) is 5.11. The van der Waals surface area contributed by atoms with Crippen molar-refractivity contribution in [3.63, 3.8) is 0 Å². The highest BCUT2D eigenvalue weighted by atomic mass is 32.1. The summed E-state index contributed by atoms with van der Waals surface area (Å²) in [5.41, 5.74) is 0.373. The number of nitrogens with one attached hydrogen (secondary N) is 1. The van der Waals surface area contributed by atoms with Gasteiger partial charge in [0.1, 0.15) is 5.69 Å². The molecule has 0 saturated carbocycles. The molecular weight excluding hydrogens is 148 g/mol. The van der Waals surface area contributed by atoms with Crippen molar-refractivity contribution in [2.45, 2.75) is 0 Å². The number of hydrogen-bond donors (Lipinski definition) is 2. The molecule has 1 aromatic heterocycles. The second kappa shape index (κ2) is 3.22. The standard InChI is InChI=1S/C6H6N2OS/c9-6(8-10)5-3-1-2-4-7-5/h1-4,10H,(H,8,9). The van der Waals surface area contributed by atoms with Crippen LogP contribution in [0.25, 0.3) is 0 Å². The molecule has 0 unspecified atom stereocenters. The Kier molecular flexibility index (Phi) is 2.28. The van der Waals surface area contributed by atoms with E-state index in [0.29, 0.717) is 5.69 Å². The van der Waals surface area contributed by atoms with Crippen molar-refractivity contribution in [2.75, 3.05) is 0 Å². The molecule has 0 aliphatic carbocycles. The van der Waals surface area contributed by atoms with Crippen molar-refractivity contribution in [1.29, 1.82) is 0 Å². The van der Waals surface area contributed by atoms with Crippen LogP contribution in [-0.2, 0) is 0 Å². The number of pyridine rings is 1. The van der Waals surface area contributed by atoms with Gasteiger partial charge in [0, 0.05) is 6.20 Å². The van der Waals surface area contributed by atoms with Gasteiger partial charge in [0.15, 0.2) is 0 Å². The Bertz CT molecular complexity index is 224. The molecule has 10 heavy (non-hydrogen) atoms. The van der Waals surface area contributed by atoms with Crippen LogP contribution >= 0.6 is 12.8 Å². The Morgan fingerprint density at radius 3 is 2.90 bits per heavy atom. The first-order valence-corrected chi connectivity index (χ1v) is 3.15. The minimum absolute atomic E-state index is 0.288. The second-order valence-corrected chi connectivity index (χ2v) is 1.88. The topological polar surface area (TPSA) is 42.0 Å². The monoisotopic (exact) mass is 154 g/mol. The average molecular weight is 154 g/mol. The summed E-state index contributed by atoms with van der Waals surface area (Å²) in [6.07, 6.45) is 1.55. The van der Waals surface area contributed by atoms with E-state index in [2.05, 4.69) is 22.5 Å². The summed E-state index contributed by atoms with van der Waals surface area (Å²) in [6, 6.07) is 5.10. The Labute approximate surface area is 64.0 Å². The van der Waals surface area contributed by atoms with Gasteiger partial charge in [-0.3, -0.25) is 14.5 Å². The molecule has 0 aliphatic heterocycles. The highest BCUT2D eigenvalue weighted by Gasteiger charge is 2.00. The van der Waals surface area contributed by atoms with Crippen LogP contribution in [0.5, 0.6) is 0 Å². The van der Waals surface area contributed by atoms with E-state index in [9.17, 15) is 4.79 Å². The van der Waals surface area contributed by atoms with Gasteiger partial charge >= 0.3 is 0 Å². The van der Waals surface area contributed by atoms with Crippen molar-refractivity contribution in [3.05, 3.63) is 30.1 Å². The summed E-state index contributed by atoms with van der Waals surface area (Å²) >= 11 is 3.59. The van der Waals surface area contributed by atoms with E-state index >= 15 is 0 Å². The molecule has 0 aromatic carbocycles. The van der Waals surface area contributed by atoms with Crippen LogP contribution in [0.15, 0.2) is 24.4 Å². The van der Waals surface area contributed by atoms with E-state index in [0.717, 1.165) is 0 Å². The maximum Gasteiger partial charge on any atom is 0.279 e. The summed E-state index contributed by atoms with van der Waals surface area (Å²) in [5, 5.41) is 0. The smallest absolute Gasteiger partial charge is 0.279 e. The summed E-state index contributed by atoms with van der Waals surface area (Å²) in [7, 11) is 0. The molecule has 1 aromatic rings. The third-order valence-corrected chi connectivity index (χ3v) is 1.20. The van der Waals surface area contributed by atoms with Crippen LogP contribution in [-0.4, -0.2) is 10.9 Å². The van der Waals surface area contributed by atoms with Crippen LogP contribution < -0.4 is 4.72 Å². The number of carbonyl (C=O) groups excluding carboxylic acids is 1. The van der Waals surface area contributed by atoms with Crippen molar-refractivity contribution in [1.82, 2.24) is 9.71 Å². The van der Waals surface area contributed by atoms with Crippen molar-refractivity contribution < 1.29 is 4.79 Å². The molecule has 0 fully saturated rings. The van der Waals surface area contributed by atoms with Crippen molar-refractivity contribution in [2.24, 2.45) is 0 Å². The minimum atomic E-state index is -0.288. The van der Waals surface area contributed by atoms with Crippen LogP contribution in [0.2, 0.25) is 0 Å². The molecule has 52 valence electrons. The van der Waals surface area contributed by atoms with Gasteiger partial charge in [-0.1, -0.05) is 18.9 Å². The predicted octanol–water partition coefficient (Wildman–Crippen LogP) is 0.656. The third kappa shape index (κ3) is 1.48. The van der Waals surface area contributed by atoms with Crippen LogP contribution in [0, 0.1) is 0 Å². The van der Waals surface area contributed by atoms with Gasteiger partial charge < -0.3 is 0 Å². The number of nitrogens with zero attached hydrogens (tertiary/aromatic N) is 1. The molecule has 4 heteroatoms. The predicted molar refractivity (Wildman–Crippen MR) is 40.7 cm³/mol. The molecule has 1 N–H and O–H groups in total. The van der Waals surface area contributed by atoms with Crippen molar-refractivity contribution >= 4 is 18.7 Å². The average Bonchev–Trinajstić information content (AvgIpc) is 2.05. The maximum atomic E-state index is 10.8. The maximum absolute atomic E-state index is 10.8. The minimum Gasteiger partial charge on any atom is -0.297 e. The van der Waals surface area contributed by atoms with Gasteiger partial charge in [0.25, 0.3) is 5.91 Å². The lowest BCUT2D eigenvalue weighted by Crippen LogP contribution is -2.13. The van der Waals surface area contributed by atoms with Gasteiger partial charge in [-0.2, -0.15) is 0 Å². The molecule has 0 bridgehead atoms. The molecule has 0 atom stereocenters. The molecular formula is C6H6N2OS. The van der Waals surface area contributed by atoms with Gasteiger partial charge in [-0.05, 0) is 12.1 Å². The number of thiol groups is 1. The Morgan fingerprint density at radius 1 is 1.60 bits per heavy atom. The van der Waals surface area contributed by atoms with Crippen molar-refractivity contribution in [3.8, 4) is 0 Å². The van der Waals surface area contributed by atoms with E-state index in [1.54, 1.807) is 24.4 Å². The summed E-state index contributed by atoms with van der Waals surface area (Å²) in [4.78, 5) is 14.6. The largest absolute Gasteiger partial charge is 0.297 e. The van der Waals surface area contributed by atoms with Gasteiger partial charge in [0.05, 0.1) is 0 Å². The Balaban J connectivity index is 2.85. The zero-order valence-corrected chi connectivity index (χ0v) is 6.01. The number of carbonyl (C=O) groups is 1. The van der Waals surface area contributed by atoms with E-state index < -0.39 is 0 Å². The fourth-order valence-electron chi connectivity index (χ4n) is 0.554. The summed E-state index contributed by atoms with van der Waals surface area (Å²) < 4.78 is 2.17. The van der Waals surface area contributed by atoms with Gasteiger partial charge in [-0.15, -0.1) is 0 Å². The fraction of sp³-hybridized carbons (Fsp3) is 0. The Morgan fingerprint density at radius 2 is 2.40 bits per heavy atom. The van der Waals surface area contributed by atoms with E-state index in [1.807, 2.05) is 0 Å². The molecule has 0 spiro atoms. The number of rotatable bonds is 1. The van der Waals surface area contributed by atoms with E-state index in [4.69, 9.17) is 0 Å². The number of aromatic nitrogens is 1. The number of hydrogen-bond acceptors (Lipinski definition) is 3. The molecule has 1 heterocycles. The molecule has 0 saturated heterocycles. The fourth-order valence-corrected chi connectivity index (χ4v) is 0.669. The molecule has 1 amide bonds. The zero-order chi connectivity index (χ0) is 7.40. The lowest BCUT2D eigenvalue weighted by atomic mass is 10.3. The molecule has 0 radical (unpaired) electrons. The lowest BCUT2D eigenvalue weighted by Gasteiger charge is -1.94. The number of amides is 1. The first-order chi connectivity index (χ1) is 4.84. The van der Waals surface area contributed by atoms with E-state index in [1.165, 1.54) is 0 Å². The molecule has 1 rings (SSSR count). The normalized spacial score (nSPS) is 8.90. The highest BCUT2D eigenvalue weighted by Crippen LogP contribution is 1.92. The highest BCUT2D eigenvalue weighted by molar-refractivity contribution is 7.78. The molecule has 0 aliphatic rings. The third-order valence-electron chi connectivity index (χ3n) is 0.999. The van der Waals surface area contributed by atoms with Crippen LogP contribution in [0.4, 0.5) is 0 Å². The quantitative estimate of drug-likeness (QED) is 0.583. The Hall–Kier alpha value is -1.03. The first-order valence-electron chi connectivity index (χ1n) is 2.70. The summed E-state index contributed by atoms with van der Waals surface area (Å²) in [5.74, 6) is -0.288.